The molecule has 1 amide bonds. The second-order valence-corrected chi connectivity index (χ2v) is 5.45. The highest BCUT2D eigenvalue weighted by molar-refractivity contribution is 7.19. The summed E-state index contributed by atoms with van der Waals surface area (Å²) in [5.41, 5.74) is 6.36. The lowest BCUT2D eigenvalue weighted by Gasteiger charge is -2.10. The van der Waals surface area contributed by atoms with Crippen LogP contribution in [0.15, 0.2) is 0 Å². The Morgan fingerprint density at radius 2 is 2.00 bits per heavy atom. The Hall–Kier alpha value is -1.76. The predicted octanol–water partition coefficient (Wildman–Crippen LogP) is 2.08. The summed E-state index contributed by atoms with van der Waals surface area (Å²) in [5, 5.41) is 6.37. The maximum Gasteiger partial charge on any atom is 0.343 e. The average molecular weight is 299 g/mol. The van der Waals surface area contributed by atoms with Crippen LogP contribution >= 0.6 is 11.3 Å². The van der Waals surface area contributed by atoms with Crippen molar-refractivity contribution in [1.82, 2.24) is 5.32 Å². The highest BCUT2D eigenvalue weighted by Crippen LogP contribution is 2.36. The first-order valence-corrected chi connectivity index (χ1v) is 7.38. The monoisotopic (exact) mass is 299 g/mol. The van der Waals surface area contributed by atoms with E-state index in [-0.39, 0.29) is 29.8 Å². The number of nitrogens with two attached hydrogens (primary N) is 1. The SMILES string of the molecule is CCNC(=O)c1sc(NC(C)C)c(C(=O)OCC)c1N. The lowest BCUT2D eigenvalue weighted by atomic mass is 10.2. The summed E-state index contributed by atoms with van der Waals surface area (Å²) in [7, 11) is 0. The first kappa shape index (κ1) is 16.3. The van der Waals surface area contributed by atoms with E-state index in [0.29, 0.717) is 16.4 Å². The van der Waals surface area contributed by atoms with Crippen LogP contribution in [0.1, 0.15) is 47.7 Å². The number of nitrogens with one attached hydrogen (secondary N) is 2. The van der Waals surface area contributed by atoms with Gasteiger partial charge in [-0.25, -0.2) is 4.79 Å². The van der Waals surface area contributed by atoms with Crippen LogP contribution in [0.5, 0.6) is 0 Å². The fourth-order valence-electron chi connectivity index (χ4n) is 1.62. The van der Waals surface area contributed by atoms with Gasteiger partial charge in [0.25, 0.3) is 5.91 Å². The zero-order valence-electron chi connectivity index (χ0n) is 12.2. The molecule has 6 nitrogen and oxygen atoms in total. The van der Waals surface area contributed by atoms with Crippen LogP contribution in [0, 0.1) is 0 Å². The Bertz CT molecular complexity index is 497. The molecule has 0 bridgehead atoms. The van der Waals surface area contributed by atoms with Crippen molar-refractivity contribution >= 4 is 33.9 Å². The average Bonchev–Trinajstić information content (AvgIpc) is 2.66. The highest BCUT2D eigenvalue weighted by atomic mass is 32.1. The molecule has 7 heteroatoms. The minimum absolute atomic E-state index is 0.114. The van der Waals surface area contributed by atoms with E-state index in [2.05, 4.69) is 10.6 Å². The number of thiophene rings is 1. The molecule has 0 saturated carbocycles. The number of carbonyl (C=O) groups is 2. The zero-order chi connectivity index (χ0) is 15.3. The molecule has 0 atom stereocenters. The molecular weight excluding hydrogens is 278 g/mol. The van der Waals surface area contributed by atoms with Gasteiger partial charge in [-0.05, 0) is 27.7 Å². The molecule has 1 rings (SSSR count). The van der Waals surface area contributed by atoms with Crippen LogP contribution in [-0.2, 0) is 4.74 Å². The molecule has 20 heavy (non-hydrogen) atoms. The third kappa shape index (κ3) is 3.63. The van der Waals surface area contributed by atoms with E-state index < -0.39 is 5.97 Å². The van der Waals surface area contributed by atoms with Crippen LogP contribution in [0.2, 0.25) is 0 Å². The number of anilines is 2. The summed E-state index contributed by atoms with van der Waals surface area (Å²) in [6.07, 6.45) is 0. The second-order valence-electron chi connectivity index (χ2n) is 4.43. The number of esters is 1. The summed E-state index contributed by atoms with van der Waals surface area (Å²) >= 11 is 1.17. The molecule has 0 unspecified atom stereocenters. The van der Waals surface area contributed by atoms with Gasteiger partial charge in [0.15, 0.2) is 0 Å². The molecule has 1 aromatic heterocycles. The first-order chi connectivity index (χ1) is 9.42. The quantitative estimate of drug-likeness (QED) is 0.699. The molecule has 0 radical (unpaired) electrons. The maximum atomic E-state index is 12.0. The normalized spacial score (nSPS) is 10.4. The maximum absolute atomic E-state index is 12.0. The van der Waals surface area contributed by atoms with Gasteiger partial charge < -0.3 is 21.1 Å². The first-order valence-electron chi connectivity index (χ1n) is 6.56. The molecule has 0 aromatic carbocycles. The van der Waals surface area contributed by atoms with Gasteiger partial charge in [0.2, 0.25) is 0 Å². The molecule has 4 N–H and O–H groups in total. The van der Waals surface area contributed by atoms with E-state index >= 15 is 0 Å². The molecule has 0 saturated heterocycles. The lowest BCUT2D eigenvalue weighted by molar-refractivity contribution is 0.0529. The zero-order valence-corrected chi connectivity index (χ0v) is 13.0. The van der Waals surface area contributed by atoms with Crippen molar-refractivity contribution in [3.8, 4) is 0 Å². The van der Waals surface area contributed by atoms with Crippen molar-refractivity contribution in [2.45, 2.75) is 33.7 Å². The lowest BCUT2D eigenvalue weighted by Crippen LogP contribution is -2.22. The van der Waals surface area contributed by atoms with Gasteiger partial charge in [-0.1, -0.05) is 0 Å². The molecule has 0 fully saturated rings. The molecule has 1 heterocycles. The summed E-state index contributed by atoms with van der Waals surface area (Å²) in [6.45, 7) is 8.18. The number of carbonyl (C=O) groups excluding carboxylic acids is 2. The van der Waals surface area contributed by atoms with Crippen molar-refractivity contribution in [1.29, 1.82) is 0 Å². The van der Waals surface area contributed by atoms with Crippen molar-refractivity contribution in [2.75, 3.05) is 24.2 Å². The number of amides is 1. The van der Waals surface area contributed by atoms with E-state index in [1.54, 1.807) is 6.92 Å². The van der Waals surface area contributed by atoms with Crippen LogP contribution in [0.25, 0.3) is 0 Å². The van der Waals surface area contributed by atoms with E-state index in [9.17, 15) is 9.59 Å². The van der Waals surface area contributed by atoms with Crippen LogP contribution in [-0.4, -0.2) is 31.1 Å². The van der Waals surface area contributed by atoms with Crippen molar-refractivity contribution in [3.05, 3.63) is 10.4 Å². The Morgan fingerprint density at radius 1 is 1.35 bits per heavy atom. The standard InChI is InChI=1S/C13H21N3O3S/c1-5-15-11(17)10-9(14)8(13(18)19-6-2)12(20-10)16-7(3)4/h7,16H,5-6,14H2,1-4H3,(H,15,17). The Balaban J connectivity index is 3.23. The van der Waals surface area contributed by atoms with E-state index in [1.807, 2.05) is 20.8 Å². The van der Waals surface area contributed by atoms with Gasteiger partial charge in [0, 0.05) is 12.6 Å². The minimum atomic E-state index is -0.514. The fraction of sp³-hybridized carbons (Fsp3) is 0.538. The molecule has 1 aromatic rings. The van der Waals surface area contributed by atoms with Gasteiger partial charge in [0.05, 0.1) is 12.3 Å². The molecule has 112 valence electrons. The number of rotatable bonds is 6. The third-order valence-corrected chi connectivity index (χ3v) is 3.52. The van der Waals surface area contributed by atoms with Crippen LogP contribution in [0.4, 0.5) is 10.7 Å². The largest absolute Gasteiger partial charge is 0.462 e. The smallest absolute Gasteiger partial charge is 0.343 e. The Labute approximate surface area is 122 Å². The second kappa shape index (κ2) is 7.14. The van der Waals surface area contributed by atoms with Crippen molar-refractivity contribution in [2.24, 2.45) is 0 Å². The van der Waals surface area contributed by atoms with Gasteiger partial charge in [-0.2, -0.15) is 0 Å². The summed E-state index contributed by atoms with van der Waals surface area (Å²) in [4.78, 5) is 24.3. The number of hydrogen-bond acceptors (Lipinski definition) is 6. The molecule has 0 aliphatic carbocycles. The van der Waals surface area contributed by atoms with Gasteiger partial charge in [-0.15, -0.1) is 11.3 Å². The molecule has 0 spiro atoms. The highest BCUT2D eigenvalue weighted by Gasteiger charge is 2.26. The van der Waals surface area contributed by atoms with Crippen molar-refractivity contribution in [3.63, 3.8) is 0 Å². The van der Waals surface area contributed by atoms with Gasteiger partial charge >= 0.3 is 5.97 Å². The minimum Gasteiger partial charge on any atom is -0.462 e. The van der Waals surface area contributed by atoms with E-state index in [4.69, 9.17) is 10.5 Å². The topological polar surface area (TPSA) is 93.5 Å². The van der Waals surface area contributed by atoms with Gasteiger partial charge in [-0.3, -0.25) is 4.79 Å². The summed E-state index contributed by atoms with van der Waals surface area (Å²) in [6, 6.07) is 0.114. The summed E-state index contributed by atoms with van der Waals surface area (Å²) < 4.78 is 5.00. The number of ether oxygens (including phenoxy) is 1. The molecule has 0 aliphatic heterocycles. The molecule has 0 aliphatic rings. The Kier molecular flexibility index (Phi) is 5.82. The van der Waals surface area contributed by atoms with E-state index in [0.717, 1.165) is 0 Å². The Morgan fingerprint density at radius 3 is 2.50 bits per heavy atom. The number of hydrogen-bond donors (Lipinski definition) is 3. The third-order valence-electron chi connectivity index (χ3n) is 2.39. The van der Waals surface area contributed by atoms with Crippen molar-refractivity contribution < 1.29 is 14.3 Å². The van der Waals surface area contributed by atoms with Crippen LogP contribution in [0.3, 0.4) is 0 Å². The summed E-state index contributed by atoms with van der Waals surface area (Å²) in [5.74, 6) is -0.794. The number of nitrogen functional groups attached to an aromatic ring is 1. The van der Waals surface area contributed by atoms with Crippen LogP contribution < -0.4 is 16.4 Å². The predicted molar refractivity (Wildman–Crippen MR) is 81.5 cm³/mol. The molecular formula is C13H21N3O3S. The van der Waals surface area contributed by atoms with Gasteiger partial charge in [0.1, 0.15) is 15.4 Å². The van der Waals surface area contributed by atoms with E-state index in [1.165, 1.54) is 11.3 Å². The fourth-order valence-corrected chi connectivity index (χ4v) is 2.79.